The van der Waals surface area contributed by atoms with Crippen LogP contribution >= 0.6 is 11.8 Å². The Labute approximate surface area is 159 Å². The molecule has 0 aromatic heterocycles. The van der Waals surface area contributed by atoms with Gasteiger partial charge >= 0.3 is 6.03 Å². The fraction of sp³-hybridized carbons (Fsp3) is 0.300. The molecule has 138 valence electrons. The van der Waals surface area contributed by atoms with E-state index in [-0.39, 0.29) is 18.0 Å². The van der Waals surface area contributed by atoms with Crippen LogP contribution in [0.15, 0.2) is 53.4 Å². The van der Waals surface area contributed by atoms with E-state index in [1.807, 2.05) is 69.3 Å². The van der Waals surface area contributed by atoms with Crippen molar-refractivity contribution in [1.82, 2.24) is 10.6 Å². The number of amides is 3. The molecule has 3 N–H and O–H groups in total. The molecular weight excluding hydrogens is 346 g/mol. The van der Waals surface area contributed by atoms with Crippen molar-refractivity contribution in [3.8, 4) is 0 Å². The Morgan fingerprint density at radius 2 is 1.65 bits per heavy atom. The van der Waals surface area contributed by atoms with Crippen LogP contribution < -0.4 is 16.0 Å². The minimum Gasteiger partial charge on any atom is -0.351 e. The number of hydrogen-bond donors (Lipinski definition) is 3. The third kappa shape index (κ3) is 7.19. The number of urea groups is 1. The highest BCUT2D eigenvalue weighted by Gasteiger charge is 2.05. The van der Waals surface area contributed by atoms with E-state index in [2.05, 4.69) is 16.0 Å². The van der Waals surface area contributed by atoms with Crippen molar-refractivity contribution in [2.45, 2.75) is 38.3 Å². The standard InChI is InChI=1S/C20H25N3O2S/c1-14(2)22-20(25)23-17-8-6-16(7-9-17)12-21-19(24)13-26-18-10-4-15(3)5-11-18/h4-11,14H,12-13H2,1-3H3,(H,21,24)(H2,22,23,25). The van der Waals surface area contributed by atoms with Gasteiger partial charge in [0.2, 0.25) is 5.91 Å². The first-order valence-electron chi connectivity index (χ1n) is 8.55. The van der Waals surface area contributed by atoms with Crippen LogP contribution in [0.2, 0.25) is 0 Å². The van der Waals surface area contributed by atoms with Crippen molar-refractivity contribution in [2.24, 2.45) is 0 Å². The molecule has 0 aliphatic rings. The fourth-order valence-electron chi connectivity index (χ4n) is 2.17. The summed E-state index contributed by atoms with van der Waals surface area (Å²) in [5.74, 6) is 0.382. The molecule has 0 aliphatic heterocycles. The van der Waals surface area contributed by atoms with Gasteiger partial charge in [0.05, 0.1) is 5.75 Å². The van der Waals surface area contributed by atoms with E-state index in [1.165, 1.54) is 17.3 Å². The number of carbonyl (C=O) groups is 2. The highest BCUT2D eigenvalue weighted by Crippen LogP contribution is 2.18. The van der Waals surface area contributed by atoms with Crippen LogP contribution in [-0.4, -0.2) is 23.7 Å². The van der Waals surface area contributed by atoms with Crippen molar-refractivity contribution in [2.75, 3.05) is 11.1 Å². The van der Waals surface area contributed by atoms with Gasteiger partial charge in [-0.25, -0.2) is 4.79 Å². The smallest absolute Gasteiger partial charge is 0.319 e. The predicted octanol–water partition coefficient (Wildman–Crippen LogP) is 3.93. The molecule has 26 heavy (non-hydrogen) atoms. The van der Waals surface area contributed by atoms with E-state index < -0.39 is 0 Å². The fourth-order valence-corrected chi connectivity index (χ4v) is 2.90. The lowest BCUT2D eigenvalue weighted by Gasteiger charge is -2.11. The van der Waals surface area contributed by atoms with Crippen molar-refractivity contribution >= 4 is 29.4 Å². The van der Waals surface area contributed by atoms with E-state index in [0.717, 1.165) is 10.5 Å². The number of thioether (sulfide) groups is 1. The third-order valence-electron chi connectivity index (χ3n) is 3.51. The molecule has 0 fully saturated rings. The van der Waals surface area contributed by atoms with Crippen LogP contribution in [0.3, 0.4) is 0 Å². The average molecular weight is 372 g/mol. The SMILES string of the molecule is Cc1ccc(SCC(=O)NCc2ccc(NC(=O)NC(C)C)cc2)cc1. The Hall–Kier alpha value is -2.47. The summed E-state index contributed by atoms with van der Waals surface area (Å²) < 4.78 is 0. The van der Waals surface area contributed by atoms with Gasteiger partial charge in [-0.05, 0) is 50.6 Å². The molecular formula is C20H25N3O2S. The van der Waals surface area contributed by atoms with Crippen molar-refractivity contribution < 1.29 is 9.59 Å². The maximum Gasteiger partial charge on any atom is 0.319 e. The zero-order valence-corrected chi connectivity index (χ0v) is 16.2. The quantitative estimate of drug-likeness (QED) is 0.646. The third-order valence-corrected chi connectivity index (χ3v) is 4.52. The highest BCUT2D eigenvalue weighted by atomic mass is 32.2. The molecule has 0 heterocycles. The Kier molecular flexibility index (Phi) is 7.53. The first-order valence-corrected chi connectivity index (χ1v) is 9.53. The monoisotopic (exact) mass is 371 g/mol. The molecule has 3 amide bonds. The summed E-state index contributed by atoms with van der Waals surface area (Å²) in [4.78, 5) is 24.7. The number of rotatable bonds is 7. The van der Waals surface area contributed by atoms with E-state index in [4.69, 9.17) is 0 Å². The largest absolute Gasteiger partial charge is 0.351 e. The Morgan fingerprint density at radius 3 is 2.27 bits per heavy atom. The molecule has 2 aromatic carbocycles. The molecule has 0 aliphatic carbocycles. The van der Waals surface area contributed by atoms with Crippen molar-refractivity contribution in [3.63, 3.8) is 0 Å². The first-order chi connectivity index (χ1) is 12.4. The maximum absolute atomic E-state index is 12.0. The summed E-state index contributed by atoms with van der Waals surface area (Å²) >= 11 is 1.52. The molecule has 0 spiro atoms. The summed E-state index contributed by atoms with van der Waals surface area (Å²) in [6.07, 6.45) is 0. The zero-order chi connectivity index (χ0) is 18.9. The van der Waals surface area contributed by atoms with Crippen LogP contribution in [0.25, 0.3) is 0 Å². The van der Waals surface area contributed by atoms with Gasteiger partial charge in [-0.3, -0.25) is 4.79 Å². The molecule has 0 atom stereocenters. The number of hydrogen-bond acceptors (Lipinski definition) is 3. The van der Waals surface area contributed by atoms with Gasteiger partial charge in [-0.2, -0.15) is 0 Å². The number of aryl methyl sites for hydroxylation is 1. The summed E-state index contributed by atoms with van der Waals surface area (Å²) in [5.41, 5.74) is 2.90. The summed E-state index contributed by atoms with van der Waals surface area (Å²) in [7, 11) is 0. The molecule has 0 saturated heterocycles. The van der Waals surface area contributed by atoms with E-state index >= 15 is 0 Å². The Bertz CT molecular complexity index is 728. The number of carbonyl (C=O) groups excluding carboxylic acids is 2. The molecule has 5 nitrogen and oxygen atoms in total. The van der Waals surface area contributed by atoms with Crippen LogP contribution in [0.4, 0.5) is 10.5 Å². The zero-order valence-electron chi connectivity index (χ0n) is 15.3. The highest BCUT2D eigenvalue weighted by molar-refractivity contribution is 8.00. The molecule has 2 rings (SSSR count). The van der Waals surface area contributed by atoms with Crippen LogP contribution in [0.1, 0.15) is 25.0 Å². The van der Waals surface area contributed by atoms with E-state index in [1.54, 1.807) is 0 Å². The second-order valence-corrected chi connectivity index (χ2v) is 7.38. The molecule has 0 radical (unpaired) electrons. The van der Waals surface area contributed by atoms with Crippen LogP contribution in [0.5, 0.6) is 0 Å². The average Bonchev–Trinajstić information content (AvgIpc) is 2.60. The summed E-state index contributed by atoms with van der Waals surface area (Å²) in [5, 5.41) is 8.44. The van der Waals surface area contributed by atoms with E-state index in [0.29, 0.717) is 18.0 Å². The minimum absolute atomic E-state index is 0.00547. The van der Waals surface area contributed by atoms with Crippen molar-refractivity contribution in [3.05, 3.63) is 59.7 Å². The number of nitrogens with one attached hydrogen (secondary N) is 3. The molecule has 0 bridgehead atoms. The van der Waals surface area contributed by atoms with Gasteiger partial charge in [0.25, 0.3) is 0 Å². The Morgan fingerprint density at radius 1 is 1.00 bits per heavy atom. The van der Waals surface area contributed by atoms with Crippen LogP contribution in [0, 0.1) is 6.92 Å². The molecule has 6 heteroatoms. The lowest BCUT2D eigenvalue weighted by molar-refractivity contribution is -0.118. The molecule has 0 unspecified atom stereocenters. The van der Waals surface area contributed by atoms with E-state index in [9.17, 15) is 9.59 Å². The minimum atomic E-state index is -0.228. The van der Waals surface area contributed by atoms with Gasteiger partial charge in [-0.15, -0.1) is 11.8 Å². The summed E-state index contributed by atoms with van der Waals surface area (Å²) in [6, 6.07) is 15.4. The van der Waals surface area contributed by atoms with Gasteiger partial charge < -0.3 is 16.0 Å². The summed E-state index contributed by atoms with van der Waals surface area (Å²) in [6.45, 7) is 6.31. The normalized spacial score (nSPS) is 10.5. The second-order valence-electron chi connectivity index (χ2n) is 6.33. The van der Waals surface area contributed by atoms with Crippen molar-refractivity contribution in [1.29, 1.82) is 0 Å². The molecule has 2 aromatic rings. The topological polar surface area (TPSA) is 70.2 Å². The van der Waals surface area contributed by atoms with Gasteiger partial charge in [0.1, 0.15) is 0 Å². The lowest BCUT2D eigenvalue weighted by Crippen LogP contribution is -2.34. The number of benzene rings is 2. The number of anilines is 1. The Balaban J connectivity index is 1.73. The van der Waals surface area contributed by atoms with Gasteiger partial charge in [0.15, 0.2) is 0 Å². The first kappa shape index (κ1) is 19.8. The second kappa shape index (κ2) is 9.87. The lowest BCUT2D eigenvalue weighted by atomic mass is 10.2. The van der Waals surface area contributed by atoms with Crippen LogP contribution in [-0.2, 0) is 11.3 Å². The maximum atomic E-state index is 12.0. The molecule has 0 saturated carbocycles. The predicted molar refractivity (Wildman–Crippen MR) is 107 cm³/mol. The van der Waals surface area contributed by atoms with Gasteiger partial charge in [0, 0.05) is 23.2 Å². The van der Waals surface area contributed by atoms with Gasteiger partial charge in [-0.1, -0.05) is 29.8 Å².